The minimum atomic E-state index is 0.703. The van der Waals surface area contributed by atoms with Crippen LogP contribution in [0.5, 0.6) is 5.75 Å². The van der Waals surface area contributed by atoms with Crippen molar-refractivity contribution in [3.63, 3.8) is 0 Å². The number of ether oxygens (including phenoxy) is 1. The first kappa shape index (κ1) is 16.1. The molecule has 0 aliphatic carbocycles. The summed E-state index contributed by atoms with van der Waals surface area (Å²) in [6, 6.07) is 21.9. The molecule has 0 unspecified atom stereocenters. The van der Waals surface area contributed by atoms with E-state index in [1.54, 1.807) is 11.6 Å². The molecule has 6 heteroatoms. The second-order valence-electron chi connectivity index (χ2n) is 5.90. The Labute approximate surface area is 151 Å². The minimum Gasteiger partial charge on any atom is -0.497 e. The summed E-state index contributed by atoms with van der Waals surface area (Å²) >= 11 is 0. The largest absolute Gasteiger partial charge is 0.497 e. The summed E-state index contributed by atoms with van der Waals surface area (Å²) in [7, 11) is 1.65. The SMILES string of the molecule is COc1ccc(-c2nnc3ccc(NCCc4ccccc4)nn23)cc1. The van der Waals surface area contributed by atoms with Gasteiger partial charge in [-0.05, 0) is 48.4 Å². The summed E-state index contributed by atoms with van der Waals surface area (Å²) < 4.78 is 6.96. The average molecular weight is 345 g/mol. The van der Waals surface area contributed by atoms with Crippen LogP contribution < -0.4 is 10.1 Å². The predicted molar refractivity (Wildman–Crippen MR) is 101 cm³/mol. The molecule has 0 fully saturated rings. The van der Waals surface area contributed by atoms with Crippen LogP contribution in [0.25, 0.3) is 17.0 Å². The molecule has 1 N–H and O–H groups in total. The third kappa shape index (κ3) is 3.35. The summed E-state index contributed by atoms with van der Waals surface area (Å²) in [5.41, 5.74) is 2.95. The Hall–Kier alpha value is -3.41. The van der Waals surface area contributed by atoms with Gasteiger partial charge in [0.2, 0.25) is 0 Å². The number of anilines is 1. The Morgan fingerprint density at radius 3 is 2.50 bits per heavy atom. The second kappa shape index (κ2) is 7.23. The highest BCUT2D eigenvalue weighted by Crippen LogP contribution is 2.21. The van der Waals surface area contributed by atoms with Gasteiger partial charge in [0.15, 0.2) is 11.5 Å². The lowest BCUT2D eigenvalue weighted by molar-refractivity contribution is 0.415. The molecule has 26 heavy (non-hydrogen) atoms. The first-order valence-electron chi connectivity index (χ1n) is 8.48. The predicted octanol–water partition coefficient (Wildman–Crippen LogP) is 3.45. The molecule has 0 saturated carbocycles. The quantitative estimate of drug-likeness (QED) is 0.580. The molecule has 130 valence electrons. The standard InChI is InChI=1S/C20H19N5O/c1-26-17-9-7-16(8-10-17)20-23-22-19-12-11-18(24-25(19)20)21-14-13-15-5-3-2-4-6-15/h2-12H,13-14H2,1H3,(H,21,24). The van der Waals surface area contributed by atoms with Gasteiger partial charge in [-0.25, -0.2) is 0 Å². The van der Waals surface area contributed by atoms with Crippen LogP contribution in [-0.2, 0) is 6.42 Å². The van der Waals surface area contributed by atoms with E-state index < -0.39 is 0 Å². The van der Waals surface area contributed by atoms with Crippen molar-refractivity contribution in [3.8, 4) is 17.1 Å². The van der Waals surface area contributed by atoms with E-state index in [9.17, 15) is 0 Å². The molecular weight excluding hydrogens is 326 g/mol. The molecule has 2 aromatic heterocycles. The number of hydrogen-bond acceptors (Lipinski definition) is 5. The van der Waals surface area contributed by atoms with Crippen LogP contribution in [0.4, 0.5) is 5.82 Å². The maximum Gasteiger partial charge on any atom is 0.185 e. The van der Waals surface area contributed by atoms with Crippen molar-refractivity contribution >= 4 is 11.5 Å². The Balaban J connectivity index is 1.54. The smallest absolute Gasteiger partial charge is 0.185 e. The highest BCUT2D eigenvalue weighted by molar-refractivity contribution is 5.60. The number of benzene rings is 2. The minimum absolute atomic E-state index is 0.703. The van der Waals surface area contributed by atoms with Crippen LogP contribution in [0, 0.1) is 0 Å². The van der Waals surface area contributed by atoms with Crippen LogP contribution in [0.1, 0.15) is 5.56 Å². The van der Waals surface area contributed by atoms with E-state index in [0.717, 1.165) is 30.1 Å². The van der Waals surface area contributed by atoms with E-state index in [4.69, 9.17) is 4.74 Å². The summed E-state index contributed by atoms with van der Waals surface area (Å²) in [6.45, 7) is 0.808. The molecular formula is C20H19N5O. The van der Waals surface area contributed by atoms with E-state index in [-0.39, 0.29) is 0 Å². The molecule has 4 rings (SSSR count). The average Bonchev–Trinajstić information content (AvgIpc) is 3.12. The monoisotopic (exact) mass is 345 g/mol. The highest BCUT2D eigenvalue weighted by atomic mass is 16.5. The molecule has 6 nitrogen and oxygen atoms in total. The van der Waals surface area contributed by atoms with Crippen molar-refractivity contribution in [2.75, 3.05) is 19.0 Å². The molecule has 0 saturated heterocycles. The van der Waals surface area contributed by atoms with Gasteiger partial charge < -0.3 is 10.1 Å². The van der Waals surface area contributed by atoms with Gasteiger partial charge in [-0.2, -0.15) is 4.52 Å². The molecule has 2 heterocycles. The zero-order valence-corrected chi connectivity index (χ0v) is 14.5. The van der Waals surface area contributed by atoms with Crippen molar-refractivity contribution in [1.82, 2.24) is 19.8 Å². The number of nitrogens with zero attached hydrogens (tertiary/aromatic N) is 4. The Morgan fingerprint density at radius 2 is 1.73 bits per heavy atom. The van der Waals surface area contributed by atoms with Crippen LogP contribution >= 0.6 is 0 Å². The van der Waals surface area contributed by atoms with Crippen LogP contribution in [0.2, 0.25) is 0 Å². The number of nitrogens with one attached hydrogen (secondary N) is 1. The van der Waals surface area contributed by atoms with Gasteiger partial charge in [0.1, 0.15) is 11.6 Å². The third-order valence-electron chi connectivity index (χ3n) is 4.17. The molecule has 0 aliphatic rings. The number of methoxy groups -OCH3 is 1. The third-order valence-corrected chi connectivity index (χ3v) is 4.17. The van der Waals surface area contributed by atoms with Gasteiger partial charge in [-0.1, -0.05) is 30.3 Å². The number of rotatable bonds is 6. The van der Waals surface area contributed by atoms with Gasteiger partial charge >= 0.3 is 0 Å². The Bertz CT molecular complexity index is 996. The zero-order valence-electron chi connectivity index (χ0n) is 14.5. The molecule has 0 radical (unpaired) electrons. The molecule has 0 aliphatic heterocycles. The van der Waals surface area contributed by atoms with Gasteiger partial charge in [0, 0.05) is 12.1 Å². The molecule has 0 spiro atoms. The summed E-state index contributed by atoms with van der Waals surface area (Å²) in [6.07, 6.45) is 0.939. The Morgan fingerprint density at radius 1 is 0.923 bits per heavy atom. The first-order valence-corrected chi connectivity index (χ1v) is 8.48. The lowest BCUT2D eigenvalue weighted by Gasteiger charge is -2.07. The van der Waals surface area contributed by atoms with Gasteiger partial charge in [0.05, 0.1) is 7.11 Å². The summed E-state index contributed by atoms with van der Waals surface area (Å²) in [4.78, 5) is 0. The Kier molecular flexibility index (Phi) is 4.47. The van der Waals surface area contributed by atoms with Gasteiger partial charge in [-0.15, -0.1) is 15.3 Å². The van der Waals surface area contributed by atoms with E-state index in [1.165, 1.54) is 5.56 Å². The van der Waals surface area contributed by atoms with Crippen molar-refractivity contribution in [2.24, 2.45) is 0 Å². The number of aromatic nitrogens is 4. The molecule has 0 atom stereocenters. The number of hydrogen-bond donors (Lipinski definition) is 1. The fraction of sp³-hybridized carbons (Fsp3) is 0.150. The fourth-order valence-corrected chi connectivity index (χ4v) is 2.78. The second-order valence-corrected chi connectivity index (χ2v) is 5.90. The van der Waals surface area contributed by atoms with Gasteiger partial charge in [0.25, 0.3) is 0 Å². The van der Waals surface area contributed by atoms with E-state index in [1.807, 2.05) is 42.5 Å². The maximum atomic E-state index is 5.21. The summed E-state index contributed by atoms with van der Waals surface area (Å²) in [5, 5.41) is 16.5. The van der Waals surface area contributed by atoms with Crippen LogP contribution in [-0.4, -0.2) is 33.5 Å². The van der Waals surface area contributed by atoms with E-state index in [2.05, 4.69) is 44.9 Å². The van der Waals surface area contributed by atoms with E-state index in [0.29, 0.717) is 11.5 Å². The van der Waals surface area contributed by atoms with Crippen molar-refractivity contribution in [2.45, 2.75) is 6.42 Å². The molecule has 0 bridgehead atoms. The van der Waals surface area contributed by atoms with Crippen molar-refractivity contribution in [3.05, 3.63) is 72.3 Å². The topological polar surface area (TPSA) is 64.3 Å². The number of fused-ring (bicyclic) bond motifs is 1. The van der Waals surface area contributed by atoms with Crippen molar-refractivity contribution in [1.29, 1.82) is 0 Å². The zero-order chi connectivity index (χ0) is 17.8. The molecule has 4 aromatic rings. The van der Waals surface area contributed by atoms with Crippen molar-refractivity contribution < 1.29 is 4.74 Å². The van der Waals surface area contributed by atoms with Crippen LogP contribution in [0.15, 0.2) is 66.7 Å². The normalized spacial score (nSPS) is 10.8. The van der Waals surface area contributed by atoms with E-state index >= 15 is 0 Å². The summed E-state index contributed by atoms with van der Waals surface area (Å²) in [5.74, 6) is 2.30. The van der Waals surface area contributed by atoms with Crippen LogP contribution in [0.3, 0.4) is 0 Å². The highest BCUT2D eigenvalue weighted by Gasteiger charge is 2.10. The van der Waals surface area contributed by atoms with Gasteiger partial charge in [-0.3, -0.25) is 0 Å². The fourth-order valence-electron chi connectivity index (χ4n) is 2.78. The maximum absolute atomic E-state index is 5.21. The molecule has 2 aromatic carbocycles. The lowest BCUT2D eigenvalue weighted by atomic mass is 10.1. The molecule has 0 amide bonds. The first-order chi connectivity index (χ1) is 12.8. The lowest BCUT2D eigenvalue weighted by Crippen LogP contribution is -2.08.